The van der Waals surface area contributed by atoms with Crippen molar-refractivity contribution in [2.75, 3.05) is 0 Å². The molecular weight excluding hydrogens is 528 g/mol. The van der Waals surface area contributed by atoms with E-state index in [-0.39, 0.29) is 0 Å². The molecule has 9 atom stereocenters. The van der Waals surface area contributed by atoms with Gasteiger partial charge in [0.2, 0.25) is 0 Å². The third kappa shape index (κ3) is 13.4. The topological polar surface area (TPSA) is 0 Å². The third-order valence-corrected chi connectivity index (χ3v) is 12.1. The van der Waals surface area contributed by atoms with E-state index in [1.807, 2.05) is 0 Å². The molecule has 1 aliphatic rings. The van der Waals surface area contributed by atoms with Crippen LogP contribution < -0.4 is 0 Å². The van der Waals surface area contributed by atoms with Gasteiger partial charge in [-0.1, -0.05) is 189 Å². The quantitative estimate of drug-likeness (QED) is 0.0690. The van der Waals surface area contributed by atoms with Crippen LogP contribution in [0.2, 0.25) is 0 Å². The molecule has 0 N–H and O–H groups in total. The summed E-state index contributed by atoms with van der Waals surface area (Å²) in [7, 11) is 0. The molecule has 0 aromatic carbocycles. The maximum atomic E-state index is 4.63. The predicted octanol–water partition coefficient (Wildman–Crippen LogP) is 14.2. The van der Waals surface area contributed by atoms with Gasteiger partial charge in [0.05, 0.1) is 0 Å². The van der Waals surface area contributed by atoms with Crippen molar-refractivity contribution in [2.24, 2.45) is 71.0 Å². The Hall–Kier alpha value is -0.960. The van der Waals surface area contributed by atoms with Gasteiger partial charge in [0.1, 0.15) is 0 Å². The standard InChI is InChI=1S/C44H80/c1-14-18-26-39(24-15-2)43(42(34(9)10)37(13)31-30-35(11)32(5)6)36(12)25-23-29-38(16-3)44(41(17-4)33(7)8)40-27-21-19-20-22-28-40/h16,32-33,35-44H,3,9,14-15,17-29H2,1-2,4-8,10-13H3. The highest BCUT2D eigenvalue weighted by Crippen LogP contribution is 2.46. The second-order valence-electron chi connectivity index (χ2n) is 16.2. The van der Waals surface area contributed by atoms with Crippen molar-refractivity contribution < 1.29 is 0 Å². The first-order valence-corrected chi connectivity index (χ1v) is 19.7. The van der Waals surface area contributed by atoms with Crippen molar-refractivity contribution in [3.05, 3.63) is 24.8 Å². The second-order valence-corrected chi connectivity index (χ2v) is 16.2. The molecule has 0 saturated heterocycles. The Balaban J connectivity index is 3.30. The van der Waals surface area contributed by atoms with Crippen molar-refractivity contribution in [1.29, 1.82) is 0 Å². The molecule has 0 radical (unpaired) electrons. The normalized spacial score (nSPS) is 20.8. The van der Waals surface area contributed by atoms with Gasteiger partial charge in [-0.2, -0.15) is 0 Å². The molecule has 9 unspecified atom stereocenters. The molecule has 0 heteroatoms. The number of rotatable bonds is 21. The summed E-state index contributed by atoms with van der Waals surface area (Å²) in [6.45, 7) is 35.5. The van der Waals surface area contributed by atoms with Crippen molar-refractivity contribution in [3.63, 3.8) is 0 Å². The van der Waals surface area contributed by atoms with Gasteiger partial charge in [0, 0.05) is 11.8 Å². The van der Waals surface area contributed by atoms with E-state index in [0.29, 0.717) is 41.4 Å². The molecule has 0 bridgehead atoms. The van der Waals surface area contributed by atoms with E-state index in [2.05, 4.69) is 107 Å². The highest BCUT2D eigenvalue weighted by atomic mass is 14.4. The van der Waals surface area contributed by atoms with Crippen LogP contribution in [0.4, 0.5) is 0 Å². The van der Waals surface area contributed by atoms with Crippen LogP contribution in [0.25, 0.3) is 0 Å². The van der Waals surface area contributed by atoms with Gasteiger partial charge in [-0.05, 0) is 72.5 Å². The first-order valence-electron chi connectivity index (χ1n) is 19.7. The summed E-state index contributed by atoms with van der Waals surface area (Å²) in [6.07, 6.45) is 22.9. The van der Waals surface area contributed by atoms with Gasteiger partial charge in [-0.25, -0.2) is 0 Å². The number of hydrogen-bond acceptors (Lipinski definition) is 0. The lowest BCUT2D eigenvalue weighted by Crippen LogP contribution is -2.34. The summed E-state index contributed by atoms with van der Waals surface area (Å²) < 4.78 is 0. The molecule has 0 heterocycles. The van der Waals surface area contributed by atoms with Crippen LogP contribution in [0.1, 0.15) is 172 Å². The molecule has 0 aromatic rings. The lowest BCUT2D eigenvalue weighted by Gasteiger charge is -2.42. The molecule has 0 aliphatic heterocycles. The summed E-state index contributed by atoms with van der Waals surface area (Å²) in [5.74, 6) is 15.4. The van der Waals surface area contributed by atoms with Crippen LogP contribution in [-0.4, -0.2) is 0 Å². The van der Waals surface area contributed by atoms with Gasteiger partial charge in [-0.15, -0.1) is 6.58 Å². The zero-order valence-electron chi connectivity index (χ0n) is 32.0. The fourth-order valence-electron chi connectivity index (χ4n) is 9.32. The Morgan fingerprint density at radius 2 is 1.36 bits per heavy atom. The first-order chi connectivity index (χ1) is 20.9. The SMILES string of the molecule is C=CC(CCCC(C)C(C(CCC)CCCC)C(C(=C)C)C(C)C#CC(C)C(C)C)C(C1CCCCCC1)C(CC)C(C)C. The second kappa shape index (κ2) is 22.5. The van der Waals surface area contributed by atoms with E-state index >= 15 is 0 Å². The molecule has 44 heavy (non-hydrogen) atoms. The third-order valence-electron chi connectivity index (χ3n) is 12.1. The van der Waals surface area contributed by atoms with Crippen molar-refractivity contribution in [1.82, 2.24) is 0 Å². The summed E-state index contributed by atoms with van der Waals surface area (Å²) in [5, 5.41) is 0. The largest absolute Gasteiger partial charge is 0.103 e. The Bertz CT molecular complexity index is 811. The van der Waals surface area contributed by atoms with Crippen LogP contribution in [0.15, 0.2) is 24.8 Å². The van der Waals surface area contributed by atoms with Crippen LogP contribution in [0.3, 0.4) is 0 Å². The lowest BCUT2D eigenvalue weighted by molar-refractivity contribution is 0.102. The number of unbranched alkanes of at least 4 members (excludes halogenated alkanes) is 1. The minimum atomic E-state index is 0.360. The average molecular weight is 609 g/mol. The fourth-order valence-corrected chi connectivity index (χ4v) is 9.32. The van der Waals surface area contributed by atoms with E-state index in [0.717, 1.165) is 29.6 Å². The van der Waals surface area contributed by atoms with E-state index in [9.17, 15) is 0 Å². The van der Waals surface area contributed by atoms with E-state index in [1.54, 1.807) is 0 Å². The van der Waals surface area contributed by atoms with Gasteiger partial charge >= 0.3 is 0 Å². The molecule has 1 rings (SSSR count). The smallest absolute Gasteiger partial charge is 0.0242 e. The van der Waals surface area contributed by atoms with Gasteiger partial charge < -0.3 is 0 Å². The lowest BCUT2D eigenvalue weighted by atomic mass is 9.63. The van der Waals surface area contributed by atoms with Crippen molar-refractivity contribution in [3.8, 4) is 11.8 Å². The average Bonchev–Trinajstić information content (AvgIpc) is 3.26. The molecule has 0 spiro atoms. The highest BCUT2D eigenvalue weighted by Gasteiger charge is 2.38. The molecule has 1 fully saturated rings. The Labute approximate surface area is 279 Å². The monoisotopic (exact) mass is 609 g/mol. The number of hydrogen-bond donors (Lipinski definition) is 0. The van der Waals surface area contributed by atoms with Gasteiger partial charge in [0.15, 0.2) is 0 Å². The van der Waals surface area contributed by atoms with E-state index < -0.39 is 0 Å². The van der Waals surface area contributed by atoms with Crippen molar-refractivity contribution >= 4 is 0 Å². The Morgan fingerprint density at radius 3 is 1.84 bits per heavy atom. The predicted molar refractivity (Wildman–Crippen MR) is 201 cm³/mol. The molecule has 1 aliphatic carbocycles. The van der Waals surface area contributed by atoms with Crippen LogP contribution >= 0.6 is 0 Å². The highest BCUT2D eigenvalue weighted by molar-refractivity contribution is 5.14. The first kappa shape index (κ1) is 41.1. The Morgan fingerprint density at radius 1 is 0.750 bits per heavy atom. The molecule has 0 aromatic heterocycles. The summed E-state index contributed by atoms with van der Waals surface area (Å²) in [4.78, 5) is 0. The fraction of sp³-hybridized carbons (Fsp3) is 0.864. The van der Waals surface area contributed by atoms with Crippen LogP contribution in [0.5, 0.6) is 0 Å². The minimum Gasteiger partial charge on any atom is -0.103 e. The van der Waals surface area contributed by atoms with Gasteiger partial charge in [0.25, 0.3) is 0 Å². The maximum absolute atomic E-state index is 4.63. The molecular formula is C44H80. The minimum absolute atomic E-state index is 0.360. The zero-order chi connectivity index (χ0) is 33.2. The molecule has 0 nitrogen and oxygen atoms in total. The summed E-state index contributed by atoms with van der Waals surface area (Å²) in [6, 6.07) is 0. The van der Waals surface area contributed by atoms with E-state index in [4.69, 9.17) is 0 Å². The Kier molecular flexibility index (Phi) is 21.0. The zero-order valence-corrected chi connectivity index (χ0v) is 32.0. The van der Waals surface area contributed by atoms with Crippen LogP contribution in [-0.2, 0) is 0 Å². The summed E-state index contributed by atoms with van der Waals surface area (Å²) >= 11 is 0. The molecule has 1 saturated carbocycles. The number of allylic oxidation sites excluding steroid dienone is 2. The van der Waals surface area contributed by atoms with E-state index in [1.165, 1.54) is 102 Å². The van der Waals surface area contributed by atoms with Crippen LogP contribution in [0, 0.1) is 82.9 Å². The molecule has 256 valence electrons. The van der Waals surface area contributed by atoms with Gasteiger partial charge in [-0.3, -0.25) is 0 Å². The van der Waals surface area contributed by atoms with Crippen molar-refractivity contribution in [2.45, 2.75) is 172 Å². The maximum Gasteiger partial charge on any atom is 0.0242 e. The molecule has 0 amide bonds. The summed E-state index contributed by atoms with van der Waals surface area (Å²) in [5.41, 5.74) is 1.36.